The molecule has 4 aromatic rings. The molecule has 1 saturated heterocycles. The van der Waals surface area contributed by atoms with Gasteiger partial charge in [0.15, 0.2) is 5.13 Å². The average molecular weight is 966 g/mol. The molecule has 67 heavy (non-hydrogen) atoms. The molecule has 1 aliphatic carbocycles. The fraction of sp³-hybridized carbons (Fsp3) is 0.444. The molecular weight excluding hydrogens is 911 g/mol. The van der Waals surface area contributed by atoms with Crippen molar-refractivity contribution in [3.8, 4) is 22.9 Å². The molecule has 4 atom stereocenters. The molecule has 5 N–H and O–H groups in total. The van der Waals surface area contributed by atoms with Crippen LogP contribution in [0.1, 0.15) is 53.9 Å². The van der Waals surface area contributed by atoms with Crippen molar-refractivity contribution in [3.05, 3.63) is 66.6 Å². The van der Waals surface area contributed by atoms with Gasteiger partial charge in [0.05, 0.1) is 56.8 Å². The third-order valence-corrected chi connectivity index (χ3v) is 12.6. The van der Waals surface area contributed by atoms with Crippen LogP contribution in [0.25, 0.3) is 22.3 Å². The number of fused-ring (bicyclic) bond motifs is 1. The summed E-state index contributed by atoms with van der Waals surface area (Å²) in [6.07, 6.45) is -0.380. The Labute approximate surface area is 391 Å². The number of benzene rings is 2. The van der Waals surface area contributed by atoms with E-state index in [2.05, 4.69) is 27.3 Å². The number of ether oxygens (including phenoxy) is 5. The van der Waals surface area contributed by atoms with Crippen LogP contribution < -0.4 is 30.1 Å². The standard InChI is InChI=1S/C45H55N7O13S2/c1-8-27-22-45(27,41(57)51-67(59,60)37-12-10-9-11-31(37)48-38(53)24-63-18-17-62-16-15-39(54)55)50-40(56)35-20-29(23-52(35)43(58)65-44(4,5)6)64-36-21-33(34-25-66-42(49-34)46-26(2)3)47-32-19-28(61-7)13-14-30(32)36/h8-14,19,21,25-27,29,35H,1,15-18,20,22-24H2,2-7H3,(H,46,49)(H,48,53)(H,50,56)(H,51,57)(H,54,55)/t27?,29-,35+,45?/m1/s1. The Morgan fingerprint density at radius 3 is 2.46 bits per heavy atom. The number of nitrogens with one attached hydrogen (secondary N) is 4. The topological polar surface area (TPSA) is 263 Å². The first-order valence-electron chi connectivity index (χ1n) is 21.4. The van der Waals surface area contributed by atoms with Gasteiger partial charge in [-0.25, -0.2) is 27.9 Å². The summed E-state index contributed by atoms with van der Waals surface area (Å²) < 4.78 is 57.9. The number of carbonyl (C=O) groups excluding carboxylic acids is 4. The number of amides is 4. The Balaban J connectivity index is 1.20. The largest absolute Gasteiger partial charge is 0.497 e. The number of sulfonamides is 1. The zero-order valence-electron chi connectivity index (χ0n) is 38.0. The van der Waals surface area contributed by atoms with Crippen molar-refractivity contribution in [3.63, 3.8) is 0 Å². The van der Waals surface area contributed by atoms with Gasteiger partial charge in [0, 0.05) is 41.3 Å². The Kier molecular flexibility index (Phi) is 15.7. The smallest absolute Gasteiger partial charge is 0.411 e. The molecule has 1 aliphatic heterocycles. The molecule has 0 spiro atoms. The van der Waals surface area contributed by atoms with E-state index < -0.39 is 80.5 Å². The van der Waals surface area contributed by atoms with Crippen LogP contribution in [0.2, 0.25) is 0 Å². The molecule has 6 rings (SSSR count). The van der Waals surface area contributed by atoms with Gasteiger partial charge in [0.1, 0.15) is 52.0 Å². The minimum absolute atomic E-state index is 0.00130. The molecule has 0 radical (unpaired) electrons. The minimum Gasteiger partial charge on any atom is -0.497 e. The summed E-state index contributed by atoms with van der Waals surface area (Å²) in [5.41, 5.74) is -1.20. The molecule has 2 aromatic heterocycles. The van der Waals surface area contributed by atoms with Crippen molar-refractivity contribution < 1.29 is 61.2 Å². The molecule has 2 aromatic carbocycles. The number of anilines is 2. The second kappa shape index (κ2) is 21.1. The van der Waals surface area contributed by atoms with Crippen LogP contribution in [-0.4, -0.2) is 128 Å². The highest BCUT2D eigenvalue weighted by Crippen LogP contribution is 2.45. The van der Waals surface area contributed by atoms with Gasteiger partial charge in [-0.3, -0.25) is 24.1 Å². The number of hydrogen-bond acceptors (Lipinski definition) is 16. The van der Waals surface area contributed by atoms with E-state index in [9.17, 15) is 32.4 Å². The summed E-state index contributed by atoms with van der Waals surface area (Å²) in [7, 11) is -3.13. The summed E-state index contributed by atoms with van der Waals surface area (Å²) >= 11 is 1.43. The zero-order chi connectivity index (χ0) is 48.7. The van der Waals surface area contributed by atoms with Crippen molar-refractivity contribution in [1.29, 1.82) is 0 Å². The maximum absolute atomic E-state index is 14.4. The molecule has 3 heterocycles. The van der Waals surface area contributed by atoms with Crippen LogP contribution in [-0.2, 0) is 43.4 Å². The number of likely N-dealkylation sites (tertiary alicyclic amines) is 1. The fourth-order valence-electron chi connectivity index (χ4n) is 7.21. The van der Waals surface area contributed by atoms with Crippen molar-refractivity contribution in [2.75, 3.05) is 50.7 Å². The maximum Gasteiger partial charge on any atom is 0.411 e. The highest BCUT2D eigenvalue weighted by atomic mass is 32.2. The number of nitrogens with zero attached hydrogens (tertiary/aromatic N) is 3. The van der Waals surface area contributed by atoms with Gasteiger partial charge in [0.25, 0.3) is 15.9 Å². The maximum atomic E-state index is 14.4. The minimum atomic E-state index is -4.68. The van der Waals surface area contributed by atoms with Crippen LogP contribution >= 0.6 is 11.3 Å². The van der Waals surface area contributed by atoms with E-state index >= 15 is 0 Å². The van der Waals surface area contributed by atoms with E-state index in [0.29, 0.717) is 38.9 Å². The van der Waals surface area contributed by atoms with Crippen molar-refractivity contribution >= 4 is 72.9 Å². The number of carboxylic acid groups (broad SMARTS) is 1. The first-order valence-corrected chi connectivity index (χ1v) is 23.7. The summed E-state index contributed by atoms with van der Waals surface area (Å²) in [5, 5.41) is 20.4. The average Bonchev–Trinajstić information content (AvgIpc) is 3.52. The molecule has 2 unspecified atom stereocenters. The van der Waals surface area contributed by atoms with E-state index in [0.717, 1.165) is 0 Å². The van der Waals surface area contributed by atoms with Gasteiger partial charge in [0.2, 0.25) is 11.8 Å². The van der Waals surface area contributed by atoms with Crippen LogP contribution in [0.4, 0.5) is 15.6 Å². The second-order valence-electron chi connectivity index (χ2n) is 17.1. The molecule has 2 fully saturated rings. The molecule has 2 aliphatic rings. The summed E-state index contributed by atoms with van der Waals surface area (Å²) in [4.78, 5) is 76.0. The van der Waals surface area contributed by atoms with Crippen molar-refractivity contribution in [1.82, 2.24) is 24.9 Å². The second-order valence-corrected chi connectivity index (χ2v) is 19.7. The number of aromatic nitrogens is 2. The van der Waals surface area contributed by atoms with Gasteiger partial charge in [-0.05, 0) is 65.3 Å². The fourth-order valence-corrected chi connectivity index (χ4v) is 9.26. The molecular formula is C45H55N7O13S2. The van der Waals surface area contributed by atoms with E-state index in [4.69, 9.17) is 38.8 Å². The van der Waals surface area contributed by atoms with Gasteiger partial charge in [-0.15, -0.1) is 17.9 Å². The first-order chi connectivity index (χ1) is 31.7. The molecule has 4 amide bonds. The van der Waals surface area contributed by atoms with Crippen molar-refractivity contribution in [2.24, 2.45) is 5.92 Å². The quantitative estimate of drug-likeness (QED) is 0.0546. The Morgan fingerprint density at radius 2 is 1.78 bits per heavy atom. The number of methoxy groups -OCH3 is 1. The lowest BCUT2D eigenvalue weighted by Gasteiger charge is -2.29. The number of hydrogen-bond donors (Lipinski definition) is 5. The van der Waals surface area contributed by atoms with E-state index in [-0.39, 0.29) is 57.4 Å². The van der Waals surface area contributed by atoms with Crippen LogP contribution in [0, 0.1) is 5.92 Å². The van der Waals surface area contributed by atoms with E-state index in [1.165, 1.54) is 46.6 Å². The number of pyridine rings is 1. The van der Waals surface area contributed by atoms with Gasteiger partial charge in [-0.2, -0.15) is 0 Å². The molecule has 20 nitrogen and oxygen atoms in total. The highest BCUT2D eigenvalue weighted by molar-refractivity contribution is 7.90. The number of rotatable bonds is 21. The Bertz CT molecular complexity index is 2620. The summed E-state index contributed by atoms with van der Waals surface area (Å²) in [5.74, 6) is -3.27. The van der Waals surface area contributed by atoms with Gasteiger partial charge < -0.3 is 44.7 Å². The number of thiazole rings is 1. The van der Waals surface area contributed by atoms with Crippen LogP contribution in [0.5, 0.6) is 11.5 Å². The monoisotopic (exact) mass is 965 g/mol. The van der Waals surface area contributed by atoms with E-state index in [1.807, 2.05) is 19.2 Å². The number of aliphatic carboxylic acids is 1. The summed E-state index contributed by atoms with van der Waals surface area (Å²) in [6, 6.07) is 11.4. The lowest BCUT2D eigenvalue weighted by molar-refractivity contribution is -0.138. The third-order valence-electron chi connectivity index (χ3n) is 10.4. The normalized spacial score (nSPS) is 19.1. The lowest BCUT2D eigenvalue weighted by Crippen LogP contribution is -2.56. The van der Waals surface area contributed by atoms with Crippen LogP contribution in [0.3, 0.4) is 0 Å². The molecule has 360 valence electrons. The Hall–Kier alpha value is -6.36. The van der Waals surface area contributed by atoms with Crippen molar-refractivity contribution in [2.45, 2.75) is 88.1 Å². The summed E-state index contributed by atoms with van der Waals surface area (Å²) in [6.45, 7) is 12.2. The predicted octanol–water partition coefficient (Wildman–Crippen LogP) is 4.96. The first kappa shape index (κ1) is 50.1. The molecule has 22 heteroatoms. The van der Waals surface area contributed by atoms with E-state index in [1.54, 1.807) is 52.1 Å². The zero-order valence-corrected chi connectivity index (χ0v) is 39.6. The molecule has 0 bridgehead atoms. The molecule has 1 saturated carbocycles. The highest BCUT2D eigenvalue weighted by Gasteiger charge is 2.61. The number of para-hydroxylation sites is 1. The SMILES string of the molecule is C=CC1CC1(NC(=O)[C@@H]1C[C@@H](Oc2cc(-c3csc(NC(C)C)n3)nc3cc(OC)ccc23)CN1C(=O)OC(C)(C)C)C(=O)NS(=O)(=O)c1ccccc1NC(=O)COCCOCCC(=O)O. The predicted molar refractivity (Wildman–Crippen MR) is 247 cm³/mol. The van der Waals surface area contributed by atoms with Gasteiger partial charge in [-0.1, -0.05) is 18.2 Å². The van der Waals surface area contributed by atoms with Crippen LogP contribution in [0.15, 0.2) is 71.5 Å². The lowest BCUT2D eigenvalue weighted by atomic mass is 10.1. The third kappa shape index (κ3) is 12.8. The Morgan fingerprint density at radius 1 is 1.03 bits per heavy atom. The number of carbonyl (C=O) groups is 5. The van der Waals surface area contributed by atoms with Gasteiger partial charge >= 0.3 is 12.1 Å². The number of carboxylic acids is 1.